The molecule has 0 saturated carbocycles. The molecule has 3 heteroatoms. The van der Waals surface area contributed by atoms with E-state index in [0.29, 0.717) is 5.02 Å². The third-order valence-corrected chi connectivity index (χ3v) is 2.80. The summed E-state index contributed by atoms with van der Waals surface area (Å²) in [5.74, 6) is 0.726. The number of hydrogen-bond donors (Lipinski definition) is 1. The minimum Gasteiger partial charge on any atom is -0.495 e. The standard InChI is InChI=1S/C13H20ClNO/c1-13(2,15)8-4-5-10-6-7-12(16-3)11(14)9-10/h6-7,9H,4-5,8,15H2,1-3H3. The van der Waals surface area contributed by atoms with Gasteiger partial charge in [0.1, 0.15) is 5.75 Å². The molecule has 0 aromatic heterocycles. The van der Waals surface area contributed by atoms with Crippen molar-refractivity contribution in [1.82, 2.24) is 0 Å². The zero-order chi connectivity index (χ0) is 12.2. The fraction of sp³-hybridized carbons (Fsp3) is 0.538. The van der Waals surface area contributed by atoms with Crippen LogP contribution in [0.5, 0.6) is 5.75 Å². The van der Waals surface area contributed by atoms with Gasteiger partial charge in [-0.1, -0.05) is 17.7 Å². The molecule has 0 fully saturated rings. The molecule has 0 atom stereocenters. The molecule has 0 unspecified atom stereocenters. The topological polar surface area (TPSA) is 35.2 Å². The molecule has 16 heavy (non-hydrogen) atoms. The predicted octanol–water partition coefficient (Wildman–Crippen LogP) is 3.41. The van der Waals surface area contributed by atoms with Gasteiger partial charge < -0.3 is 10.5 Å². The highest BCUT2D eigenvalue weighted by Crippen LogP contribution is 2.25. The first kappa shape index (κ1) is 13.3. The van der Waals surface area contributed by atoms with Gasteiger partial charge in [0, 0.05) is 5.54 Å². The van der Waals surface area contributed by atoms with Crippen LogP contribution in [0, 0.1) is 0 Å². The Bertz CT molecular complexity index is 344. The highest BCUT2D eigenvalue weighted by molar-refractivity contribution is 6.32. The van der Waals surface area contributed by atoms with Gasteiger partial charge in [0.2, 0.25) is 0 Å². The van der Waals surface area contributed by atoms with E-state index < -0.39 is 0 Å². The highest BCUT2D eigenvalue weighted by Gasteiger charge is 2.10. The lowest BCUT2D eigenvalue weighted by molar-refractivity contribution is 0.414. The molecule has 0 aliphatic carbocycles. The quantitative estimate of drug-likeness (QED) is 0.858. The number of ether oxygens (including phenoxy) is 1. The maximum atomic E-state index is 6.05. The Morgan fingerprint density at radius 3 is 2.56 bits per heavy atom. The Hall–Kier alpha value is -0.730. The number of rotatable bonds is 5. The van der Waals surface area contributed by atoms with Gasteiger partial charge in [-0.05, 0) is 50.8 Å². The number of benzene rings is 1. The van der Waals surface area contributed by atoms with Gasteiger partial charge in [0.15, 0.2) is 0 Å². The maximum absolute atomic E-state index is 6.05. The first-order chi connectivity index (χ1) is 7.42. The van der Waals surface area contributed by atoms with Crippen LogP contribution in [-0.4, -0.2) is 12.6 Å². The number of aryl methyl sites for hydroxylation is 1. The Morgan fingerprint density at radius 2 is 2.06 bits per heavy atom. The van der Waals surface area contributed by atoms with Gasteiger partial charge in [0.25, 0.3) is 0 Å². The van der Waals surface area contributed by atoms with Crippen molar-refractivity contribution in [3.63, 3.8) is 0 Å². The minimum atomic E-state index is -0.0870. The van der Waals surface area contributed by atoms with E-state index in [-0.39, 0.29) is 5.54 Å². The number of halogens is 1. The summed E-state index contributed by atoms with van der Waals surface area (Å²) in [6.07, 6.45) is 3.09. The van der Waals surface area contributed by atoms with Crippen molar-refractivity contribution in [2.75, 3.05) is 7.11 Å². The lowest BCUT2D eigenvalue weighted by Crippen LogP contribution is -2.31. The average molecular weight is 242 g/mol. The smallest absolute Gasteiger partial charge is 0.137 e. The predicted molar refractivity (Wildman–Crippen MR) is 69.2 cm³/mol. The largest absolute Gasteiger partial charge is 0.495 e. The molecule has 0 amide bonds. The van der Waals surface area contributed by atoms with Crippen LogP contribution in [0.1, 0.15) is 32.3 Å². The molecule has 0 spiro atoms. The molecule has 2 N–H and O–H groups in total. The van der Waals surface area contributed by atoms with Crippen LogP contribution in [0.4, 0.5) is 0 Å². The third kappa shape index (κ3) is 4.42. The monoisotopic (exact) mass is 241 g/mol. The summed E-state index contributed by atoms with van der Waals surface area (Å²) in [6.45, 7) is 4.10. The summed E-state index contributed by atoms with van der Waals surface area (Å²) in [5.41, 5.74) is 7.07. The summed E-state index contributed by atoms with van der Waals surface area (Å²) < 4.78 is 5.11. The molecule has 1 aromatic carbocycles. The Kier molecular flexibility index (Phi) is 4.63. The molecule has 2 nitrogen and oxygen atoms in total. The SMILES string of the molecule is COc1ccc(CCCC(C)(C)N)cc1Cl. The van der Waals surface area contributed by atoms with Crippen molar-refractivity contribution in [2.45, 2.75) is 38.6 Å². The van der Waals surface area contributed by atoms with Gasteiger partial charge in [-0.25, -0.2) is 0 Å². The van der Waals surface area contributed by atoms with Crippen LogP contribution < -0.4 is 10.5 Å². The first-order valence-electron chi connectivity index (χ1n) is 5.54. The summed E-state index contributed by atoms with van der Waals surface area (Å²) in [6, 6.07) is 5.92. The van der Waals surface area contributed by atoms with Crippen molar-refractivity contribution in [1.29, 1.82) is 0 Å². The molecule has 0 aliphatic heterocycles. The Balaban J connectivity index is 2.52. The van der Waals surface area contributed by atoms with E-state index in [2.05, 4.69) is 0 Å². The van der Waals surface area contributed by atoms with Gasteiger partial charge in [-0.15, -0.1) is 0 Å². The maximum Gasteiger partial charge on any atom is 0.137 e. The fourth-order valence-electron chi connectivity index (χ4n) is 1.61. The Morgan fingerprint density at radius 1 is 1.38 bits per heavy atom. The van der Waals surface area contributed by atoms with Crippen molar-refractivity contribution in [3.05, 3.63) is 28.8 Å². The van der Waals surface area contributed by atoms with E-state index in [1.165, 1.54) is 5.56 Å². The van der Waals surface area contributed by atoms with Crippen molar-refractivity contribution < 1.29 is 4.74 Å². The van der Waals surface area contributed by atoms with E-state index in [1.54, 1.807) is 7.11 Å². The van der Waals surface area contributed by atoms with Crippen molar-refractivity contribution in [3.8, 4) is 5.75 Å². The second-order valence-corrected chi connectivity index (χ2v) is 5.22. The van der Waals surface area contributed by atoms with Gasteiger partial charge in [-0.3, -0.25) is 0 Å². The number of nitrogens with two attached hydrogens (primary N) is 1. The lowest BCUT2D eigenvalue weighted by atomic mass is 9.97. The molecule has 0 bridgehead atoms. The number of methoxy groups -OCH3 is 1. The van der Waals surface area contributed by atoms with Crippen LogP contribution in [0.3, 0.4) is 0 Å². The average Bonchev–Trinajstić information content (AvgIpc) is 2.16. The molecule has 90 valence electrons. The highest BCUT2D eigenvalue weighted by atomic mass is 35.5. The van der Waals surface area contributed by atoms with E-state index in [4.69, 9.17) is 22.1 Å². The minimum absolute atomic E-state index is 0.0870. The molecule has 1 rings (SSSR count). The summed E-state index contributed by atoms with van der Waals surface area (Å²) >= 11 is 6.05. The normalized spacial score (nSPS) is 11.6. The second kappa shape index (κ2) is 5.55. The van der Waals surface area contributed by atoms with Gasteiger partial charge >= 0.3 is 0 Å². The van der Waals surface area contributed by atoms with Crippen LogP contribution in [0.25, 0.3) is 0 Å². The molecule has 0 heterocycles. The Labute approximate surface area is 103 Å². The number of hydrogen-bond acceptors (Lipinski definition) is 2. The molecule has 1 aromatic rings. The van der Waals surface area contributed by atoms with E-state index in [9.17, 15) is 0 Å². The molecule has 0 radical (unpaired) electrons. The molecule has 0 aliphatic rings. The summed E-state index contributed by atoms with van der Waals surface area (Å²) in [5, 5.41) is 0.673. The molecular formula is C13H20ClNO. The molecule has 0 saturated heterocycles. The van der Waals surface area contributed by atoms with Gasteiger partial charge in [0.05, 0.1) is 12.1 Å². The lowest BCUT2D eigenvalue weighted by Gasteiger charge is -2.17. The van der Waals surface area contributed by atoms with E-state index >= 15 is 0 Å². The fourth-order valence-corrected chi connectivity index (χ4v) is 1.89. The van der Waals surface area contributed by atoms with Crippen LogP contribution in [0.15, 0.2) is 18.2 Å². The van der Waals surface area contributed by atoms with Gasteiger partial charge in [-0.2, -0.15) is 0 Å². The zero-order valence-corrected chi connectivity index (χ0v) is 11.0. The van der Waals surface area contributed by atoms with Crippen molar-refractivity contribution in [2.24, 2.45) is 5.73 Å². The third-order valence-electron chi connectivity index (χ3n) is 2.50. The molecular weight excluding hydrogens is 222 g/mol. The van der Waals surface area contributed by atoms with Crippen LogP contribution in [0.2, 0.25) is 5.02 Å². The van der Waals surface area contributed by atoms with Crippen LogP contribution >= 0.6 is 11.6 Å². The van der Waals surface area contributed by atoms with E-state index in [1.807, 2.05) is 32.0 Å². The zero-order valence-electron chi connectivity index (χ0n) is 10.2. The summed E-state index contributed by atoms with van der Waals surface area (Å²) in [7, 11) is 1.62. The van der Waals surface area contributed by atoms with Crippen LogP contribution in [-0.2, 0) is 6.42 Å². The first-order valence-corrected chi connectivity index (χ1v) is 5.91. The van der Waals surface area contributed by atoms with E-state index in [0.717, 1.165) is 25.0 Å². The van der Waals surface area contributed by atoms with Crippen molar-refractivity contribution >= 4 is 11.6 Å². The summed E-state index contributed by atoms with van der Waals surface area (Å²) in [4.78, 5) is 0. The second-order valence-electron chi connectivity index (χ2n) is 4.81.